The van der Waals surface area contributed by atoms with Crippen molar-refractivity contribution in [2.75, 3.05) is 5.43 Å². The topological polar surface area (TPSA) is 81.7 Å². The second-order valence-corrected chi connectivity index (χ2v) is 6.23. The zero-order valence-corrected chi connectivity index (χ0v) is 13.6. The normalized spacial score (nSPS) is 11.0. The van der Waals surface area contributed by atoms with Crippen molar-refractivity contribution < 1.29 is 0 Å². The average Bonchev–Trinajstić information content (AvgIpc) is 2.87. The van der Waals surface area contributed by atoms with Gasteiger partial charge in [-0.25, -0.2) is 15.8 Å². The number of nitrogens with two attached hydrogens (primary N) is 1. The van der Waals surface area contributed by atoms with E-state index in [2.05, 4.69) is 42.5 Å². The van der Waals surface area contributed by atoms with Gasteiger partial charge in [0.05, 0.1) is 17.3 Å². The van der Waals surface area contributed by atoms with Crippen LogP contribution in [0.5, 0.6) is 0 Å². The molecule has 21 heavy (non-hydrogen) atoms. The average molecular weight is 365 g/mol. The van der Waals surface area contributed by atoms with E-state index in [0.29, 0.717) is 17.4 Å². The summed E-state index contributed by atoms with van der Waals surface area (Å²) in [7, 11) is 1.85. The first-order valence-corrected chi connectivity index (χ1v) is 7.99. The second-order valence-electron chi connectivity index (χ2n) is 4.36. The summed E-state index contributed by atoms with van der Waals surface area (Å²) in [6.45, 7) is 0. The summed E-state index contributed by atoms with van der Waals surface area (Å²) in [5.41, 5.74) is 3.37. The maximum Gasteiger partial charge on any atom is 0.163 e. The zero-order valence-electron chi connectivity index (χ0n) is 11.2. The van der Waals surface area contributed by atoms with E-state index in [1.54, 1.807) is 22.6 Å². The Bertz CT molecular complexity index is 787. The monoisotopic (exact) mass is 364 g/mol. The van der Waals surface area contributed by atoms with Gasteiger partial charge in [-0.1, -0.05) is 12.1 Å². The Labute approximate surface area is 134 Å². The molecule has 0 amide bonds. The number of aromatic nitrogens is 4. The minimum absolute atomic E-state index is 0.593. The highest BCUT2D eigenvalue weighted by Gasteiger charge is 2.11. The number of rotatable bonds is 4. The van der Waals surface area contributed by atoms with Gasteiger partial charge in [-0.2, -0.15) is 5.10 Å². The summed E-state index contributed by atoms with van der Waals surface area (Å²) >= 11 is 5.20. The molecular weight excluding hydrogens is 352 g/mol. The lowest BCUT2D eigenvalue weighted by atomic mass is 10.4. The van der Waals surface area contributed by atoms with Crippen molar-refractivity contribution in [1.29, 1.82) is 0 Å². The number of aryl methyl sites for hydroxylation is 1. The van der Waals surface area contributed by atoms with Crippen molar-refractivity contribution in [3.63, 3.8) is 0 Å². The molecule has 8 heteroatoms. The van der Waals surface area contributed by atoms with Crippen molar-refractivity contribution in [3.8, 4) is 0 Å². The molecule has 0 spiro atoms. The zero-order chi connectivity index (χ0) is 14.8. The predicted octanol–water partition coefficient (Wildman–Crippen LogP) is 2.70. The Balaban J connectivity index is 1.90. The van der Waals surface area contributed by atoms with Crippen LogP contribution in [0.3, 0.4) is 0 Å². The molecule has 108 valence electrons. The molecule has 0 aliphatic heterocycles. The van der Waals surface area contributed by atoms with E-state index in [9.17, 15) is 0 Å². The summed E-state index contributed by atoms with van der Waals surface area (Å²) in [6, 6.07) is 8.06. The van der Waals surface area contributed by atoms with E-state index < -0.39 is 0 Å². The van der Waals surface area contributed by atoms with Gasteiger partial charge >= 0.3 is 0 Å². The fraction of sp³-hybridized carbons (Fsp3) is 0.154. The SMILES string of the molecule is Cn1ncc2c(NN)nc(CSc3ccccc3Br)nc21. The fourth-order valence-electron chi connectivity index (χ4n) is 1.95. The summed E-state index contributed by atoms with van der Waals surface area (Å²) in [5.74, 6) is 7.49. The minimum atomic E-state index is 0.593. The summed E-state index contributed by atoms with van der Waals surface area (Å²) in [6.07, 6.45) is 1.70. The highest BCUT2D eigenvalue weighted by molar-refractivity contribution is 9.10. The Kier molecular flexibility index (Phi) is 4.09. The number of nitrogen functional groups attached to an aromatic ring is 1. The van der Waals surface area contributed by atoms with Gasteiger partial charge in [0.15, 0.2) is 11.5 Å². The summed E-state index contributed by atoms with van der Waals surface area (Å²) < 4.78 is 2.78. The second kappa shape index (κ2) is 6.00. The van der Waals surface area contributed by atoms with Crippen LogP contribution < -0.4 is 11.3 Å². The molecule has 0 saturated heterocycles. The van der Waals surface area contributed by atoms with Gasteiger partial charge in [-0.15, -0.1) is 11.8 Å². The van der Waals surface area contributed by atoms with Gasteiger partial charge in [0.1, 0.15) is 5.82 Å². The van der Waals surface area contributed by atoms with E-state index in [-0.39, 0.29) is 0 Å². The van der Waals surface area contributed by atoms with E-state index in [1.807, 2.05) is 25.2 Å². The van der Waals surface area contributed by atoms with Crippen molar-refractivity contribution in [2.45, 2.75) is 10.6 Å². The summed E-state index contributed by atoms with van der Waals surface area (Å²) in [4.78, 5) is 10.1. The first kappa shape index (κ1) is 14.3. The highest BCUT2D eigenvalue weighted by atomic mass is 79.9. The molecule has 0 unspecified atom stereocenters. The molecule has 0 aliphatic rings. The van der Waals surface area contributed by atoms with Gasteiger partial charge in [0.25, 0.3) is 0 Å². The van der Waals surface area contributed by atoms with Crippen LogP contribution in [0, 0.1) is 0 Å². The van der Waals surface area contributed by atoms with E-state index in [0.717, 1.165) is 20.4 Å². The third-order valence-corrected chi connectivity index (χ3v) is 4.99. The van der Waals surface area contributed by atoms with Crippen LogP contribution in [0.25, 0.3) is 11.0 Å². The maximum atomic E-state index is 5.53. The number of fused-ring (bicyclic) bond motifs is 1. The quantitative estimate of drug-likeness (QED) is 0.420. The number of nitrogens with one attached hydrogen (secondary N) is 1. The molecule has 2 aromatic heterocycles. The van der Waals surface area contributed by atoms with Crippen LogP contribution in [-0.2, 0) is 12.8 Å². The molecule has 0 atom stereocenters. The first-order valence-electron chi connectivity index (χ1n) is 6.21. The van der Waals surface area contributed by atoms with Crippen molar-refractivity contribution in [3.05, 3.63) is 40.8 Å². The Morgan fingerprint density at radius 1 is 1.33 bits per heavy atom. The van der Waals surface area contributed by atoms with Gasteiger partial charge in [0, 0.05) is 16.4 Å². The highest BCUT2D eigenvalue weighted by Crippen LogP contribution is 2.29. The molecule has 0 saturated carbocycles. The molecule has 3 rings (SSSR count). The van der Waals surface area contributed by atoms with Crippen molar-refractivity contribution in [2.24, 2.45) is 12.9 Å². The third kappa shape index (κ3) is 2.87. The van der Waals surface area contributed by atoms with E-state index >= 15 is 0 Å². The van der Waals surface area contributed by atoms with Crippen LogP contribution in [-0.4, -0.2) is 19.7 Å². The number of thioether (sulfide) groups is 1. The van der Waals surface area contributed by atoms with E-state index in [4.69, 9.17) is 5.84 Å². The van der Waals surface area contributed by atoms with E-state index in [1.165, 1.54) is 0 Å². The lowest BCUT2D eigenvalue weighted by molar-refractivity contribution is 0.782. The standard InChI is InChI=1S/C13H13BrN6S/c1-20-13-8(6-16-20)12(19-15)17-11(18-13)7-21-10-5-3-2-4-9(10)14/h2-6H,7,15H2,1H3,(H,17,18,19). The maximum absolute atomic E-state index is 5.53. The smallest absolute Gasteiger partial charge is 0.163 e. The molecule has 0 bridgehead atoms. The first-order chi connectivity index (χ1) is 10.2. The Hall–Kier alpha value is -1.64. The number of anilines is 1. The summed E-state index contributed by atoms with van der Waals surface area (Å²) in [5, 5.41) is 5.00. The lowest BCUT2D eigenvalue weighted by Gasteiger charge is -2.06. The lowest BCUT2D eigenvalue weighted by Crippen LogP contribution is -2.11. The number of halogens is 1. The van der Waals surface area contributed by atoms with Crippen LogP contribution in [0.15, 0.2) is 39.8 Å². The number of benzene rings is 1. The molecular formula is C13H13BrN6S. The molecule has 3 N–H and O–H groups in total. The Morgan fingerprint density at radius 2 is 2.14 bits per heavy atom. The van der Waals surface area contributed by atoms with Crippen LogP contribution in [0.4, 0.5) is 5.82 Å². The molecule has 2 heterocycles. The number of nitrogens with zero attached hydrogens (tertiary/aromatic N) is 4. The number of hydrogen-bond donors (Lipinski definition) is 2. The molecule has 3 aromatic rings. The van der Waals surface area contributed by atoms with Gasteiger partial charge < -0.3 is 5.43 Å². The third-order valence-electron chi connectivity index (χ3n) is 2.97. The predicted molar refractivity (Wildman–Crippen MR) is 87.8 cm³/mol. The van der Waals surface area contributed by atoms with Gasteiger partial charge in [0.2, 0.25) is 0 Å². The van der Waals surface area contributed by atoms with Crippen molar-refractivity contribution in [1.82, 2.24) is 19.7 Å². The molecule has 1 aromatic carbocycles. The Morgan fingerprint density at radius 3 is 2.90 bits per heavy atom. The van der Waals surface area contributed by atoms with Crippen LogP contribution in [0.1, 0.15) is 5.82 Å². The number of hydrazine groups is 1. The minimum Gasteiger partial charge on any atom is -0.308 e. The molecule has 0 aliphatic carbocycles. The van der Waals surface area contributed by atoms with Crippen LogP contribution >= 0.6 is 27.7 Å². The largest absolute Gasteiger partial charge is 0.308 e. The number of hydrogen-bond acceptors (Lipinski definition) is 6. The van der Waals surface area contributed by atoms with Gasteiger partial charge in [-0.05, 0) is 28.1 Å². The molecule has 6 nitrogen and oxygen atoms in total. The fourth-order valence-corrected chi connectivity index (χ4v) is 3.37. The van der Waals surface area contributed by atoms with Crippen LogP contribution in [0.2, 0.25) is 0 Å². The van der Waals surface area contributed by atoms with Crippen molar-refractivity contribution >= 4 is 44.5 Å². The molecule has 0 fully saturated rings. The van der Waals surface area contributed by atoms with Gasteiger partial charge in [-0.3, -0.25) is 4.68 Å². The molecule has 0 radical (unpaired) electrons.